The third-order valence-corrected chi connectivity index (χ3v) is 3.62. The molecular formula is C12H11N3O2S. The Bertz CT molecular complexity index is 521. The van der Waals surface area contributed by atoms with Gasteiger partial charge < -0.3 is 4.90 Å². The zero-order valence-corrected chi connectivity index (χ0v) is 10.6. The molecule has 2 rings (SSSR count). The van der Waals surface area contributed by atoms with E-state index >= 15 is 0 Å². The second-order valence-corrected chi connectivity index (χ2v) is 4.82. The average molecular weight is 261 g/mol. The summed E-state index contributed by atoms with van der Waals surface area (Å²) in [6.07, 6.45) is 0. The van der Waals surface area contributed by atoms with Crippen molar-refractivity contribution in [2.45, 2.75) is 5.75 Å². The number of hydrogen-bond donors (Lipinski definition) is 0. The Kier molecular flexibility index (Phi) is 3.53. The van der Waals surface area contributed by atoms with E-state index in [4.69, 9.17) is 5.26 Å². The molecule has 0 bridgehead atoms. The van der Waals surface area contributed by atoms with Crippen LogP contribution in [0, 0.1) is 11.3 Å². The van der Waals surface area contributed by atoms with Crippen molar-refractivity contribution in [1.29, 1.82) is 5.26 Å². The Morgan fingerprint density at radius 3 is 2.50 bits per heavy atom. The highest BCUT2D eigenvalue weighted by Gasteiger charge is 2.34. The number of likely N-dealkylation sites (N-methyl/N-ethyl adjacent to an activating group) is 1. The average Bonchev–Trinajstić information content (AvgIpc) is 2.62. The molecule has 0 unspecified atom stereocenters. The van der Waals surface area contributed by atoms with E-state index in [9.17, 15) is 9.59 Å². The molecule has 0 aliphatic carbocycles. The van der Waals surface area contributed by atoms with E-state index in [1.54, 1.807) is 19.2 Å². The van der Waals surface area contributed by atoms with Crippen LogP contribution >= 0.6 is 11.9 Å². The first kappa shape index (κ1) is 12.5. The summed E-state index contributed by atoms with van der Waals surface area (Å²) < 4.78 is 1.18. The van der Waals surface area contributed by atoms with E-state index in [-0.39, 0.29) is 18.5 Å². The SMILES string of the molecule is CN1CC(=O)N(SCc2ccc(C#N)cc2)C1=O. The summed E-state index contributed by atoms with van der Waals surface area (Å²) in [6, 6.07) is 8.84. The zero-order chi connectivity index (χ0) is 13.1. The number of carbonyl (C=O) groups is 2. The molecule has 1 heterocycles. The highest BCUT2D eigenvalue weighted by molar-refractivity contribution is 7.97. The van der Waals surface area contributed by atoms with E-state index < -0.39 is 0 Å². The standard InChI is InChI=1S/C12H11N3O2S/c1-14-7-11(16)15(12(14)17)18-8-10-4-2-9(6-13)3-5-10/h2-5H,7-8H2,1H3. The normalized spacial score (nSPS) is 15.1. The molecule has 1 aliphatic rings. The van der Waals surface area contributed by atoms with Gasteiger partial charge in [-0.3, -0.25) is 4.79 Å². The Morgan fingerprint density at radius 2 is 2.00 bits per heavy atom. The van der Waals surface area contributed by atoms with Crippen LogP contribution in [0.2, 0.25) is 0 Å². The van der Waals surface area contributed by atoms with Gasteiger partial charge in [0.1, 0.15) is 6.54 Å². The van der Waals surface area contributed by atoms with Crippen LogP contribution in [-0.4, -0.2) is 34.7 Å². The van der Waals surface area contributed by atoms with Crippen LogP contribution in [-0.2, 0) is 10.5 Å². The highest BCUT2D eigenvalue weighted by atomic mass is 32.2. The molecule has 0 N–H and O–H groups in total. The molecule has 0 radical (unpaired) electrons. The zero-order valence-electron chi connectivity index (χ0n) is 9.79. The summed E-state index contributed by atoms with van der Waals surface area (Å²) in [5, 5.41) is 8.67. The van der Waals surface area contributed by atoms with E-state index in [0.717, 1.165) is 5.56 Å². The number of hydrogen-bond acceptors (Lipinski definition) is 4. The first-order chi connectivity index (χ1) is 8.61. The summed E-state index contributed by atoms with van der Waals surface area (Å²) in [7, 11) is 1.60. The predicted molar refractivity (Wildman–Crippen MR) is 67.3 cm³/mol. The minimum absolute atomic E-state index is 0.138. The third-order valence-electron chi connectivity index (χ3n) is 2.54. The van der Waals surface area contributed by atoms with E-state index in [2.05, 4.69) is 0 Å². The Hall–Kier alpha value is -2.00. The maximum Gasteiger partial charge on any atom is 0.337 e. The van der Waals surface area contributed by atoms with Crippen LogP contribution in [0.25, 0.3) is 0 Å². The largest absolute Gasteiger partial charge is 0.337 e. The van der Waals surface area contributed by atoms with Crippen molar-refractivity contribution in [3.05, 3.63) is 35.4 Å². The number of benzene rings is 1. The molecule has 3 amide bonds. The van der Waals surface area contributed by atoms with Crippen molar-refractivity contribution in [2.75, 3.05) is 13.6 Å². The number of nitrogens with zero attached hydrogens (tertiary/aromatic N) is 3. The number of urea groups is 1. The molecule has 0 aromatic heterocycles. The van der Waals surface area contributed by atoms with Crippen molar-refractivity contribution in [3.63, 3.8) is 0 Å². The maximum atomic E-state index is 11.6. The lowest BCUT2D eigenvalue weighted by atomic mass is 10.2. The van der Waals surface area contributed by atoms with Crippen LogP contribution in [0.1, 0.15) is 11.1 Å². The van der Waals surface area contributed by atoms with Crippen molar-refractivity contribution in [2.24, 2.45) is 0 Å². The van der Waals surface area contributed by atoms with Crippen molar-refractivity contribution >= 4 is 23.9 Å². The summed E-state index contributed by atoms with van der Waals surface area (Å²) in [5.41, 5.74) is 1.56. The molecule has 1 aliphatic heterocycles. The Morgan fingerprint density at radius 1 is 1.33 bits per heavy atom. The van der Waals surface area contributed by atoms with Crippen LogP contribution in [0.4, 0.5) is 4.79 Å². The molecule has 18 heavy (non-hydrogen) atoms. The van der Waals surface area contributed by atoms with Gasteiger partial charge in [0.05, 0.1) is 11.6 Å². The smallest absolute Gasteiger partial charge is 0.317 e. The fourth-order valence-electron chi connectivity index (χ4n) is 1.54. The Labute approximate surface area is 109 Å². The molecule has 1 aromatic carbocycles. The van der Waals surface area contributed by atoms with Crippen LogP contribution in [0.15, 0.2) is 24.3 Å². The van der Waals surface area contributed by atoms with Crippen molar-refractivity contribution in [3.8, 4) is 6.07 Å². The predicted octanol–water partition coefficient (Wildman–Crippen LogP) is 1.60. The first-order valence-electron chi connectivity index (χ1n) is 5.32. The molecular weight excluding hydrogens is 250 g/mol. The monoisotopic (exact) mass is 261 g/mol. The van der Waals surface area contributed by atoms with E-state index in [0.29, 0.717) is 11.3 Å². The Balaban J connectivity index is 1.97. The number of nitriles is 1. The molecule has 0 atom stereocenters. The van der Waals surface area contributed by atoms with Gasteiger partial charge >= 0.3 is 6.03 Å². The van der Waals surface area contributed by atoms with Crippen LogP contribution in [0.3, 0.4) is 0 Å². The molecule has 6 heteroatoms. The summed E-state index contributed by atoms with van der Waals surface area (Å²) in [4.78, 5) is 24.5. The summed E-state index contributed by atoms with van der Waals surface area (Å²) in [6.45, 7) is 0.138. The minimum atomic E-state index is -0.279. The maximum absolute atomic E-state index is 11.6. The molecule has 5 nitrogen and oxygen atoms in total. The topological polar surface area (TPSA) is 64.4 Å². The second kappa shape index (κ2) is 5.10. The fraction of sp³-hybridized carbons (Fsp3) is 0.250. The molecule has 92 valence electrons. The number of carbonyl (C=O) groups excluding carboxylic acids is 2. The lowest BCUT2D eigenvalue weighted by Crippen LogP contribution is -2.25. The van der Waals surface area contributed by atoms with Crippen LogP contribution in [0.5, 0.6) is 0 Å². The van der Waals surface area contributed by atoms with Crippen LogP contribution < -0.4 is 0 Å². The fourth-order valence-corrected chi connectivity index (χ4v) is 2.46. The van der Waals surface area contributed by atoms with Gasteiger partial charge in [-0.2, -0.15) is 5.26 Å². The molecule has 1 aromatic rings. The first-order valence-corrected chi connectivity index (χ1v) is 6.26. The quantitative estimate of drug-likeness (QED) is 0.612. The van der Waals surface area contributed by atoms with Gasteiger partial charge in [0, 0.05) is 12.8 Å². The van der Waals surface area contributed by atoms with Gasteiger partial charge in [0.2, 0.25) is 0 Å². The highest BCUT2D eigenvalue weighted by Crippen LogP contribution is 2.22. The second-order valence-electron chi connectivity index (χ2n) is 3.91. The van der Waals surface area contributed by atoms with Crippen molar-refractivity contribution in [1.82, 2.24) is 9.21 Å². The lowest BCUT2D eigenvalue weighted by molar-refractivity contribution is -0.121. The van der Waals surface area contributed by atoms with E-state index in [1.807, 2.05) is 18.2 Å². The summed E-state index contributed by atoms with van der Waals surface area (Å²) >= 11 is 1.18. The van der Waals surface area contributed by atoms with Gasteiger partial charge in [0.15, 0.2) is 0 Å². The molecule has 0 spiro atoms. The van der Waals surface area contributed by atoms with Gasteiger partial charge in [-0.25, -0.2) is 9.10 Å². The van der Waals surface area contributed by atoms with Gasteiger partial charge in [-0.05, 0) is 29.6 Å². The molecule has 0 saturated carbocycles. The number of rotatable bonds is 3. The van der Waals surface area contributed by atoms with Gasteiger partial charge in [-0.15, -0.1) is 0 Å². The number of amides is 3. The lowest BCUT2D eigenvalue weighted by Gasteiger charge is -2.12. The molecule has 1 saturated heterocycles. The van der Waals surface area contributed by atoms with Crippen molar-refractivity contribution < 1.29 is 9.59 Å². The molecule has 1 fully saturated rings. The van der Waals surface area contributed by atoms with E-state index in [1.165, 1.54) is 21.2 Å². The van der Waals surface area contributed by atoms with Gasteiger partial charge in [-0.1, -0.05) is 12.1 Å². The summed E-state index contributed by atoms with van der Waals surface area (Å²) in [5.74, 6) is 0.331. The third kappa shape index (κ3) is 2.46. The number of imide groups is 1. The van der Waals surface area contributed by atoms with Gasteiger partial charge in [0.25, 0.3) is 5.91 Å². The minimum Gasteiger partial charge on any atom is -0.317 e.